The van der Waals surface area contributed by atoms with E-state index >= 15 is 0 Å². The Morgan fingerprint density at radius 1 is 1.35 bits per heavy atom. The summed E-state index contributed by atoms with van der Waals surface area (Å²) in [6, 6.07) is 9.36. The van der Waals surface area contributed by atoms with E-state index in [-0.39, 0.29) is 0 Å². The molecule has 1 aliphatic rings. The fourth-order valence-electron chi connectivity index (χ4n) is 2.85. The lowest BCUT2D eigenvalue weighted by Crippen LogP contribution is -2.37. The van der Waals surface area contributed by atoms with E-state index in [0.717, 1.165) is 6.54 Å². The summed E-state index contributed by atoms with van der Waals surface area (Å²) < 4.78 is 0. The van der Waals surface area contributed by atoms with Gasteiger partial charge in [-0.15, -0.1) is 0 Å². The average molecular weight is 228 g/mol. The predicted molar refractivity (Wildman–Crippen MR) is 72.2 cm³/mol. The Morgan fingerprint density at radius 2 is 2.18 bits per heavy atom. The van der Waals surface area contributed by atoms with Crippen molar-refractivity contribution >= 4 is 10.9 Å². The van der Waals surface area contributed by atoms with Crippen LogP contribution in [-0.4, -0.2) is 22.5 Å². The number of hydrogen-bond acceptors (Lipinski definition) is 1. The second-order valence-electron chi connectivity index (χ2n) is 5.11. The normalized spacial score (nSPS) is 18.2. The summed E-state index contributed by atoms with van der Waals surface area (Å²) in [5, 5.41) is 1.42. The molecule has 17 heavy (non-hydrogen) atoms. The number of rotatable bonds is 2. The highest BCUT2D eigenvalue weighted by Crippen LogP contribution is 2.28. The van der Waals surface area contributed by atoms with Gasteiger partial charge in [-0.25, -0.2) is 0 Å². The maximum Gasteiger partial charge on any atom is 0.0459 e. The van der Waals surface area contributed by atoms with E-state index in [9.17, 15) is 0 Å². The molecule has 2 heterocycles. The van der Waals surface area contributed by atoms with Crippen molar-refractivity contribution in [2.24, 2.45) is 0 Å². The maximum absolute atomic E-state index is 3.58. The predicted octanol–water partition coefficient (Wildman–Crippen LogP) is 3.32. The van der Waals surface area contributed by atoms with Crippen LogP contribution in [0.5, 0.6) is 0 Å². The molecule has 1 atom stereocenters. The Hall–Kier alpha value is -1.28. The number of para-hydroxylation sites is 1. The summed E-state index contributed by atoms with van der Waals surface area (Å²) in [5.41, 5.74) is 4.27. The molecule has 2 heteroatoms. The first-order valence-corrected chi connectivity index (χ1v) is 6.62. The van der Waals surface area contributed by atoms with Crippen LogP contribution in [0.25, 0.3) is 10.9 Å². The van der Waals surface area contributed by atoms with E-state index in [1.165, 1.54) is 36.0 Å². The molecule has 0 saturated carbocycles. The molecule has 0 radical (unpaired) electrons. The van der Waals surface area contributed by atoms with Crippen molar-refractivity contribution in [3.05, 3.63) is 35.5 Å². The lowest BCUT2D eigenvalue weighted by atomic mass is 10.0. The van der Waals surface area contributed by atoms with Gasteiger partial charge >= 0.3 is 0 Å². The topological polar surface area (TPSA) is 19.0 Å². The first-order chi connectivity index (χ1) is 8.29. The number of benzene rings is 1. The van der Waals surface area contributed by atoms with Gasteiger partial charge in [-0.3, -0.25) is 4.90 Å². The Balaban J connectivity index is 1.98. The number of hydrogen-bond donors (Lipinski definition) is 1. The van der Waals surface area contributed by atoms with Crippen molar-refractivity contribution in [1.82, 2.24) is 9.88 Å². The van der Waals surface area contributed by atoms with Gasteiger partial charge in [0, 0.05) is 35.7 Å². The van der Waals surface area contributed by atoms with Crippen molar-refractivity contribution in [2.75, 3.05) is 6.54 Å². The summed E-state index contributed by atoms with van der Waals surface area (Å²) >= 11 is 0. The number of nitrogens with zero attached hydrogens (tertiary/aromatic N) is 1. The van der Waals surface area contributed by atoms with E-state index in [4.69, 9.17) is 0 Å². The van der Waals surface area contributed by atoms with Crippen LogP contribution in [0.1, 0.15) is 31.5 Å². The average Bonchev–Trinajstić information content (AvgIpc) is 2.75. The molecule has 90 valence electrons. The summed E-state index contributed by atoms with van der Waals surface area (Å²) in [7, 11) is 0. The van der Waals surface area contributed by atoms with Gasteiger partial charge in [-0.05, 0) is 31.4 Å². The quantitative estimate of drug-likeness (QED) is 0.835. The van der Waals surface area contributed by atoms with Gasteiger partial charge in [-0.1, -0.05) is 25.1 Å². The highest BCUT2D eigenvalue weighted by Gasteiger charge is 2.22. The maximum atomic E-state index is 3.58. The fourth-order valence-corrected chi connectivity index (χ4v) is 2.85. The number of aromatic amines is 1. The standard InChI is InChI=1S/C15H20N2/c1-3-11(2)17-9-8-13-12-6-4-5-7-14(12)16-15(13)10-17/h4-7,11,16H,3,8-10H2,1-2H3/t11-/m1/s1. The number of aromatic nitrogens is 1. The molecule has 0 spiro atoms. The van der Waals surface area contributed by atoms with Crippen LogP contribution in [0, 0.1) is 0 Å². The molecule has 3 rings (SSSR count). The Labute approximate surface area is 103 Å². The van der Waals surface area contributed by atoms with Crippen molar-refractivity contribution in [1.29, 1.82) is 0 Å². The number of H-pyrrole nitrogens is 1. The lowest BCUT2D eigenvalue weighted by molar-refractivity contribution is 0.185. The third-order valence-corrected chi connectivity index (χ3v) is 4.13. The zero-order valence-corrected chi connectivity index (χ0v) is 10.7. The van der Waals surface area contributed by atoms with Gasteiger partial charge in [0.1, 0.15) is 0 Å². The minimum atomic E-state index is 0.689. The molecule has 0 aliphatic carbocycles. The molecule has 0 unspecified atom stereocenters. The molecule has 2 nitrogen and oxygen atoms in total. The van der Waals surface area contributed by atoms with Gasteiger partial charge in [0.05, 0.1) is 0 Å². The number of nitrogens with one attached hydrogen (secondary N) is 1. The largest absolute Gasteiger partial charge is 0.357 e. The number of fused-ring (bicyclic) bond motifs is 3. The summed E-state index contributed by atoms with van der Waals surface area (Å²) in [6.45, 7) is 6.88. The van der Waals surface area contributed by atoms with E-state index in [1.54, 1.807) is 5.56 Å². The monoisotopic (exact) mass is 228 g/mol. The highest BCUT2D eigenvalue weighted by molar-refractivity contribution is 5.84. The summed E-state index contributed by atoms with van der Waals surface area (Å²) in [5.74, 6) is 0. The van der Waals surface area contributed by atoms with Crippen LogP contribution in [0.15, 0.2) is 24.3 Å². The molecule has 0 bridgehead atoms. The van der Waals surface area contributed by atoms with E-state index < -0.39 is 0 Å². The van der Waals surface area contributed by atoms with Crippen LogP contribution >= 0.6 is 0 Å². The van der Waals surface area contributed by atoms with Gasteiger partial charge in [0.15, 0.2) is 0 Å². The zero-order valence-electron chi connectivity index (χ0n) is 10.7. The molecule has 1 aliphatic heterocycles. The van der Waals surface area contributed by atoms with E-state index in [1.807, 2.05) is 0 Å². The van der Waals surface area contributed by atoms with Crippen molar-refractivity contribution in [3.8, 4) is 0 Å². The Bertz CT molecular complexity index is 527. The van der Waals surface area contributed by atoms with Gasteiger partial charge in [-0.2, -0.15) is 0 Å². The molecule has 0 amide bonds. The van der Waals surface area contributed by atoms with Crippen molar-refractivity contribution in [3.63, 3.8) is 0 Å². The van der Waals surface area contributed by atoms with Crippen LogP contribution in [0.2, 0.25) is 0 Å². The fraction of sp³-hybridized carbons (Fsp3) is 0.467. The highest BCUT2D eigenvalue weighted by atomic mass is 15.2. The molecular formula is C15H20N2. The zero-order chi connectivity index (χ0) is 11.8. The summed E-state index contributed by atoms with van der Waals surface area (Å²) in [4.78, 5) is 6.16. The molecule has 1 aromatic heterocycles. The minimum Gasteiger partial charge on any atom is -0.357 e. The minimum absolute atomic E-state index is 0.689. The molecule has 1 N–H and O–H groups in total. The first kappa shape index (κ1) is 10.8. The SMILES string of the molecule is CC[C@@H](C)N1CCc2c([nH]c3ccccc23)C1. The smallest absolute Gasteiger partial charge is 0.0459 e. The Morgan fingerprint density at radius 3 is 3.00 bits per heavy atom. The molecule has 0 saturated heterocycles. The lowest BCUT2D eigenvalue weighted by Gasteiger charge is -2.31. The third-order valence-electron chi connectivity index (χ3n) is 4.13. The third kappa shape index (κ3) is 1.77. The van der Waals surface area contributed by atoms with Crippen LogP contribution in [-0.2, 0) is 13.0 Å². The Kier molecular flexibility index (Phi) is 2.67. The molecular weight excluding hydrogens is 208 g/mol. The van der Waals surface area contributed by atoms with Gasteiger partial charge in [0.25, 0.3) is 0 Å². The van der Waals surface area contributed by atoms with Crippen LogP contribution < -0.4 is 0 Å². The first-order valence-electron chi connectivity index (χ1n) is 6.62. The van der Waals surface area contributed by atoms with Gasteiger partial charge in [0.2, 0.25) is 0 Å². The summed E-state index contributed by atoms with van der Waals surface area (Å²) in [6.07, 6.45) is 2.42. The van der Waals surface area contributed by atoms with Crippen LogP contribution in [0.3, 0.4) is 0 Å². The van der Waals surface area contributed by atoms with E-state index in [0.29, 0.717) is 6.04 Å². The second-order valence-corrected chi connectivity index (χ2v) is 5.11. The second kappa shape index (κ2) is 4.19. The molecule has 1 aromatic carbocycles. The molecule has 2 aromatic rings. The van der Waals surface area contributed by atoms with Crippen molar-refractivity contribution in [2.45, 2.75) is 39.3 Å². The van der Waals surface area contributed by atoms with E-state index in [2.05, 4.69) is 48.0 Å². The van der Waals surface area contributed by atoms with Crippen molar-refractivity contribution < 1.29 is 0 Å². The van der Waals surface area contributed by atoms with Gasteiger partial charge < -0.3 is 4.98 Å². The molecule has 0 fully saturated rings. The van der Waals surface area contributed by atoms with Crippen LogP contribution in [0.4, 0.5) is 0 Å².